The number of nitrogens with zero attached hydrogens (tertiary/aromatic N) is 2. The Morgan fingerprint density at radius 3 is 1.36 bits per heavy atom. The summed E-state index contributed by atoms with van der Waals surface area (Å²) in [6, 6.07) is 87.5. The Morgan fingerprint density at radius 2 is 0.754 bits per heavy atom. The molecule has 0 saturated carbocycles. The molecule has 0 bridgehead atoms. The smallest absolute Gasteiger partial charge is 0.179 e. The van der Waals surface area contributed by atoms with Gasteiger partial charge in [-0.15, -0.1) is 0 Å². The van der Waals surface area contributed by atoms with Crippen LogP contribution in [0.2, 0.25) is 0 Å². The first-order valence-electron chi connectivity index (χ1n) is 25.9. The van der Waals surface area contributed by atoms with Crippen LogP contribution in [0.15, 0.2) is 279 Å². The third kappa shape index (κ3) is 6.62. The predicted molar refractivity (Wildman–Crippen MR) is 295 cm³/mol. The molecule has 2 aromatic heterocycles. The molecule has 0 aliphatic carbocycles. The zero-order valence-corrected chi connectivity index (χ0v) is 38.6. The fourth-order valence-corrected chi connectivity index (χ4v) is 15.8. The average molecular weight is 900 g/mol. The van der Waals surface area contributed by atoms with E-state index < -0.39 is 14.1 Å². The second-order valence-electron chi connectivity index (χ2n) is 17.6. The SMILES string of the molecule is [2H]c1c([2H])c([2H])c(-c2ccc([Si](c3ccccc3)(c3ccccc3)c3cccc(-n4c5ccc(-n6c7ccccc7c7c(-c8ccccc8)cccc76)cc5c5c(-c6ccccc6)cccc54)c3)cc2)c([2H])c1[2H]. The van der Waals surface area contributed by atoms with Gasteiger partial charge in [-0.25, -0.2) is 0 Å². The lowest BCUT2D eigenvalue weighted by atomic mass is 9.99. The van der Waals surface area contributed by atoms with Crippen molar-refractivity contribution >= 4 is 72.4 Å². The van der Waals surface area contributed by atoms with Crippen molar-refractivity contribution in [2.75, 3.05) is 0 Å². The maximum absolute atomic E-state index is 8.80. The van der Waals surface area contributed by atoms with Gasteiger partial charge in [0, 0.05) is 32.9 Å². The van der Waals surface area contributed by atoms with E-state index in [-0.39, 0.29) is 29.7 Å². The summed E-state index contributed by atoms with van der Waals surface area (Å²) in [5.74, 6) is 0. The maximum atomic E-state index is 8.80. The van der Waals surface area contributed by atoms with Gasteiger partial charge in [-0.3, -0.25) is 0 Å². The average Bonchev–Trinajstić information content (AvgIpc) is 4.03. The van der Waals surface area contributed by atoms with Gasteiger partial charge in [0.05, 0.1) is 28.9 Å². The first kappa shape index (κ1) is 35.4. The van der Waals surface area contributed by atoms with Crippen LogP contribution in [0.5, 0.6) is 0 Å². The molecule has 69 heavy (non-hydrogen) atoms. The normalized spacial score (nSPS) is 12.8. The minimum absolute atomic E-state index is 0.190. The van der Waals surface area contributed by atoms with E-state index in [1.165, 1.54) is 42.8 Å². The zero-order chi connectivity index (χ0) is 50.1. The highest BCUT2D eigenvalue weighted by Gasteiger charge is 2.41. The molecular weight excluding hydrogens is 849 g/mol. The Labute approximate surface area is 410 Å². The van der Waals surface area contributed by atoms with Crippen molar-refractivity contribution in [1.82, 2.24) is 9.13 Å². The Balaban J connectivity index is 1.06. The summed E-state index contributed by atoms with van der Waals surface area (Å²) in [4.78, 5) is 0. The predicted octanol–water partition coefficient (Wildman–Crippen LogP) is 14.3. The lowest BCUT2D eigenvalue weighted by Gasteiger charge is -2.35. The van der Waals surface area contributed by atoms with E-state index in [1.54, 1.807) is 0 Å². The first-order valence-corrected chi connectivity index (χ1v) is 25.4. The molecule has 13 aromatic rings. The van der Waals surface area contributed by atoms with E-state index in [2.05, 4.69) is 246 Å². The Kier molecular flexibility index (Phi) is 8.65. The molecule has 2 heterocycles. The summed E-state index contributed by atoms with van der Waals surface area (Å²) >= 11 is 0. The number of aromatic nitrogens is 2. The fraction of sp³-hybridized carbons (Fsp3) is 0. The number of hydrogen-bond acceptors (Lipinski definition) is 0. The van der Waals surface area contributed by atoms with Gasteiger partial charge in [0.25, 0.3) is 0 Å². The molecule has 0 unspecified atom stereocenters. The quantitative estimate of drug-likeness (QED) is 0.101. The van der Waals surface area contributed by atoms with Gasteiger partial charge in [0.1, 0.15) is 0 Å². The second kappa shape index (κ2) is 16.8. The summed E-state index contributed by atoms with van der Waals surface area (Å²) in [7, 11) is -3.17. The van der Waals surface area contributed by atoms with Gasteiger partial charge in [-0.05, 0) is 103 Å². The number of para-hydroxylation sites is 1. The summed E-state index contributed by atoms with van der Waals surface area (Å²) in [6.45, 7) is 0. The van der Waals surface area contributed by atoms with Crippen molar-refractivity contribution < 1.29 is 6.85 Å². The molecular formula is C66H46N2Si. The minimum atomic E-state index is -3.17. The van der Waals surface area contributed by atoms with Crippen molar-refractivity contribution in [3.05, 3.63) is 279 Å². The summed E-state index contributed by atoms with van der Waals surface area (Å²) in [6.07, 6.45) is 0. The Morgan fingerprint density at radius 1 is 0.290 bits per heavy atom. The molecule has 0 amide bonds. The highest BCUT2D eigenvalue weighted by molar-refractivity contribution is 7.19. The van der Waals surface area contributed by atoms with Crippen molar-refractivity contribution in [3.63, 3.8) is 0 Å². The zero-order valence-electron chi connectivity index (χ0n) is 42.6. The first-order chi connectivity index (χ1) is 36.3. The third-order valence-electron chi connectivity index (χ3n) is 14.0. The van der Waals surface area contributed by atoms with Crippen LogP contribution < -0.4 is 20.7 Å². The molecule has 0 radical (unpaired) electrons. The molecule has 2 nitrogen and oxygen atoms in total. The molecule has 0 atom stereocenters. The van der Waals surface area contributed by atoms with Crippen molar-refractivity contribution in [2.45, 2.75) is 0 Å². The van der Waals surface area contributed by atoms with Gasteiger partial charge >= 0.3 is 0 Å². The van der Waals surface area contributed by atoms with E-state index in [1.807, 2.05) is 12.1 Å². The topological polar surface area (TPSA) is 9.86 Å². The van der Waals surface area contributed by atoms with Crippen LogP contribution >= 0.6 is 0 Å². The van der Waals surface area contributed by atoms with E-state index >= 15 is 0 Å². The Hall–Kier alpha value is -8.76. The number of fused-ring (bicyclic) bond motifs is 6. The van der Waals surface area contributed by atoms with Crippen molar-refractivity contribution in [1.29, 1.82) is 0 Å². The Bertz CT molecular complexity index is 4220. The van der Waals surface area contributed by atoms with Crippen LogP contribution in [0.25, 0.3) is 88.4 Å². The number of rotatable bonds is 9. The molecule has 324 valence electrons. The van der Waals surface area contributed by atoms with Crippen LogP contribution in [-0.2, 0) is 0 Å². The standard InChI is InChI=1S/C66H46N2Si/c1-6-21-47(22-7-1)48-39-42-55(43-40-48)69(53-28-12-4-13-29-53,54-30-14-5-15-31-54)56-32-18-27-51(45-56)67-62-44-41-52(46-60(62)66-58(35-20-38-64(66)67)50-25-10-3-11-26-50)68-61-36-17-16-33-59(61)65-57(34-19-37-63(65)68)49-23-8-2-9-24-49/h1-46H/i1D,6D,7D,21D,22D. The van der Waals surface area contributed by atoms with Crippen LogP contribution in [0.3, 0.4) is 0 Å². The van der Waals surface area contributed by atoms with Crippen molar-refractivity contribution in [2.24, 2.45) is 0 Å². The number of hydrogen-bond donors (Lipinski definition) is 0. The molecule has 0 fully saturated rings. The van der Waals surface area contributed by atoms with Gasteiger partial charge in [0.2, 0.25) is 0 Å². The number of benzene rings is 11. The largest absolute Gasteiger partial charge is 0.309 e. The van der Waals surface area contributed by atoms with E-state index in [0.29, 0.717) is 5.56 Å². The molecule has 0 saturated heterocycles. The highest BCUT2D eigenvalue weighted by Crippen LogP contribution is 2.42. The van der Waals surface area contributed by atoms with E-state index in [0.717, 1.165) is 55.1 Å². The monoisotopic (exact) mass is 899 g/mol. The lowest BCUT2D eigenvalue weighted by Crippen LogP contribution is -2.74. The van der Waals surface area contributed by atoms with Gasteiger partial charge in [0.15, 0.2) is 8.07 Å². The molecule has 3 heteroatoms. The van der Waals surface area contributed by atoms with E-state index in [4.69, 9.17) is 6.85 Å². The lowest BCUT2D eigenvalue weighted by molar-refractivity contribution is 1.17. The maximum Gasteiger partial charge on any atom is 0.179 e. The van der Waals surface area contributed by atoms with Crippen LogP contribution in [0.1, 0.15) is 6.85 Å². The molecule has 0 N–H and O–H groups in total. The molecule has 0 aliphatic heterocycles. The van der Waals surface area contributed by atoms with Gasteiger partial charge in [-0.2, -0.15) is 0 Å². The fourth-order valence-electron chi connectivity index (χ4n) is 11.0. The summed E-state index contributed by atoms with van der Waals surface area (Å²) in [5.41, 5.74) is 12.0. The van der Waals surface area contributed by atoms with Crippen LogP contribution in [-0.4, -0.2) is 17.2 Å². The van der Waals surface area contributed by atoms with Gasteiger partial charge in [-0.1, -0.05) is 230 Å². The van der Waals surface area contributed by atoms with Crippen LogP contribution in [0, 0.1) is 0 Å². The van der Waals surface area contributed by atoms with Crippen LogP contribution in [0.4, 0.5) is 0 Å². The highest BCUT2D eigenvalue weighted by atomic mass is 28.3. The van der Waals surface area contributed by atoms with Gasteiger partial charge < -0.3 is 9.13 Å². The third-order valence-corrected chi connectivity index (χ3v) is 18.7. The molecule has 13 rings (SSSR count). The molecule has 0 spiro atoms. The molecule has 0 aliphatic rings. The molecule has 11 aromatic carbocycles. The van der Waals surface area contributed by atoms with E-state index in [9.17, 15) is 0 Å². The summed E-state index contributed by atoms with van der Waals surface area (Å²) < 4.78 is 47.6. The minimum Gasteiger partial charge on any atom is -0.309 e. The van der Waals surface area contributed by atoms with Crippen molar-refractivity contribution in [3.8, 4) is 44.8 Å². The second-order valence-corrected chi connectivity index (χ2v) is 21.4. The summed E-state index contributed by atoms with van der Waals surface area (Å²) in [5, 5.41) is 9.41.